The average Bonchev–Trinajstić information content (AvgIpc) is 2.32. The molecule has 3 N–H and O–H groups in total. The van der Waals surface area contributed by atoms with Gasteiger partial charge in [-0.05, 0) is 72.0 Å². The minimum atomic E-state index is 0.0738. The van der Waals surface area contributed by atoms with Crippen LogP contribution in [0.4, 0.5) is 5.69 Å². The molecule has 0 saturated carbocycles. The van der Waals surface area contributed by atoms with Crippen LogP contribution in [0.5, 0.6) is 0 Å². The lowest BCUT2D eigenvalue weighted by Crippen LogP contribution is -2.20. The Morgan fingerprint density at radius 3 is 2.63 bits per heavy atom. The summed E-state index contributed by atoms with van der Waals surface area (Å²) < 4.78 is 1.17. The molecule has 0 aliphatic rings. The Morgan fingerprint density at radius 2 is 2.05 bits per heavy atom. The molecule has 3 nitrogen and oxygen atoms in total. The van der Waals surface area contributed by atoms with E-state index in [0.29, 0.717) is 13.0 Å². The highest BCUT2D eigenvalue weighted by molar-refractivity contribution is 14.1. The Bertz CT molecular complexity index is 444. The molecule has 0 aromatic heterocycles. The number of hydrogen-bond acceptors (Lipinski definition) is 2. The van der Waals surface area contributed by atoms with E-state index in [1.807, 2.05) is 18.2 Å². The summed E-state index contributed by atoms with van der Waals surface area (Å²) in [7, 11) is 0. The monoisotopic (exact) mass is 374 g/mol. The largest absolute Gasteiger partial charge is 0.330 e. The standard InChI is InChI=1S/C15H23IN2O/c1-11-4-5-12(10-13(11)16)18-14(19)6-7-15(2,3)8-9-17/h4-5,10H,6-9,17H2,1-3H3,(H,18,19). The van der Waals surface area contributed by atoms with Gasteiger partial charge >= 0.3 is 0 Å². The van der Waals surface area contributed by atoms with Gasteiger partial charge in [-0.1, -0.05) is 19.9 Å². The number of carbonyl (C=O) groups excluding carboxylic acids is 1. The van der Waals surface area contributed by atoms with Crippen molar-refractivity contribution in [2.45, 2.75) is 40.0 Å². The summed E-state index contributed by atoms with van der Waals surface area (Å²) in [5.41, 5.74) is 7.80. The van der Waals surface area contributed by atoms with E-state index in [2.05, 4.69) is 48.7 Å². The van der Waals surface area contributed by atoms with Crippen molar-refractivity contribution in [2.75, 3.05) is 11.9 Å². The van der Waals surface area contributed by atoms with Gasteiger partial charge in [-0.25, -0.2) is 0 Å². The number of nitrogens with two attached hydrogens (primary N) is 1. The van der Waals surface area contributed by atoms with Gasteiger partial charge in [0.15, 0.2) is 0 Å². The van der Waals surface area contributed by atoms with Gasteiger partial charge in [0.05, 0.1) is 0 Å². The molecule has 0 aliphatic carbocycles. The third-order valence-corrected chi connectivity index (χ3v) is 4.47. The molecule has 1 aromatic carbocycles. The van der Waals surface area contributed by atoms with E-state index in [0.717, 1.165) is 18.5 Å². The molecule has 1 amide bonds. The van der Waals surface area contributed by atoms with Crippen molar-refractivity contribution in [3.05, 3.63) is 27.3 Å². The van der Waals surface area contributed by atoms with Crippen molar-refractivity contribution in [3.63, 3.8) is 0 Å². The molecule has 0 aliphatic heterocycles. The number of nitrogens with one attached hydrogen (secondary N) is 1. The summed E-state index contributed by atoms with van der Waals surface area (Å²) in [6.07, 6.45) is 2.35. The highest BCUT2D eigenvalue weighted by Crippen LogP contribution is 2.26. The fourth-order valence-electron chi connectivity index (χ4n) is 1.86. The van der Waals surface area contributed by atoms with Crippen LogP contribution >= 0.6 is 22.6 Å². The number of benzene rings is 1. The Hall–Kier alpha value is -0.620. The maximum atomic E-state index is 11.9. The van der Waals surface area contributed by atoms with Crippen LogP contribution in [-0.2, 0) is 4.79 Å². The van der Waals surface area contributed by atoms with Crippen LogP contribution in [0, 0.1) is 15.9 Å². The van der Waals surface area contributed by atoms with Crippen molar-refractivity contribution in [1.82, 2.24) is 0 Å². The van der Waals surface area contributed by atoms with E-state index in [1.165, 1.54) is 9.13 Å². The highest BCUT2D eigenvalue weighted by Gasteiger charge is 2.18. The first kappa shape index (κ1) is 16.4. The summed E-state index contributed by atoms with van der Waals surface area (Å²) in [6.45, 7) is 7.04. The highest BCUT2D eigenvalue weighted by atomic mass is 127. The third kappa shape index (κ3) is 5.91. The fourth-order valence-corrected chi connectivity index (χ4v) is 2.38. The Labute approximate surface area is 129 Å². The van der Waals surface area contributed by atoms with Gasteiger partial charge in [0.1, 0.15) is 0 Å². The second kappa shape index (κ2) is 7.24. The number of rotatable bonds is 6. The van der Waals surface area contributed by atoms with Crippen LogP contribution in [0.3, 0.4) is 0 Å². The van der Waals surface area contributed by atoms with E-state index in [-0.39, 0.29) is 11.3 Å². The van der Waals surface area contributed by atoms with Gasteiger partial charge in [-0.3, -0.25) is 4.79 Å². The van der Waals surface area contributed by atoms with Gasteiger partial charge in [-0.15, -0.1) is 0 Å². The van der Waals surface area contributed by atoms with Crippen molar-refractivity contribution < 1.29 is 4.79 Å². The predicted octanol–water partition coefficient (Wildman–Crippen LogP) is 3.69. The Kier molecular flexibility index (Phi) is 6.26. The van der Waals surface area contributed by atoms with Gasteiger partial charge < -0.3 is 11.1 Å². The molecule has 19 heavy (non-hydrogen) atoms. The average molecular weight is 374 g/mol. The zero-order chi connectivity index (χ0) is 14.5. The molecule has 0 unspecified atom stereocenters. The fraction of sp³-hybridized carbons (Fsp3) is 0.533. The second-order valence-electron chi connectivity index (χ2n) is 5.72. The molecule has 0 fully saturated rings. The lowest BCUT2D eigenvalue weighted by molar-refractivity contribution is -0.116. The quantitative estimate of drug-likeness (QED) is 0.747. The second-order valence-corrected chi connectivity index (χ2v) is 6.88. The summed E-state index contributed by atoms with van der Waals surface area (Å²) >= 11 is 2.28. The predicted molar refractivity (Wildman–Crippen MR) is 89.2 cm³/mol. The smallest absolute Gasteiger partial charge is 0.224 e. The maximum absolute atomic E-state index is 11.9. The van der Waals surface area contributed by atoms with Gasteiger partial charge in [0.2, 0.25) is 5.91 Å². The molecule has 0 saturated heterocycles. The number of carbonyl (C=O) groups is 1. The molecule has 0 radical (unpaired) electrons. The minimum Gasteiger partial charge on any atom is -0.330 e. The first-order chi connectivity index (χ1) is 8.84. The van der Waals surface area contributed by atoms with E-state index < -0.39 is 0 Å². The SMILES string of the molecule is Cc1ccc(NC(=O)CCC(C)(C)CCN)cc1I. The molecule has 0 bridgehead atoms. The number of amides is 1. The topological polar surface area (TPSA) is 55.1 Å². The lowest BCUT2D eigenvalue weighted by atomic mass is 9.84. The number of aryl methyl sites for hydroxylation is 1. The van der Waals surface area contributed by atoms with E-state index in [1.54, 1.807) is 0 Å². The Balaban J connectivity index is 2.49. The van der Waals surface area contributed by atoms with E-state index >= 15 is 0 Å². The summed E-state index contributed by atoms with van der Waals surface area (Å²) in [6, 6.07) is 5.97. The lowest BCUT2D eigenvalue weighted by Gasteiger charge is -2.23. The first-order valence-electron chi connectivity index (χ1n) is 6.60. The van der Waals surface area contributed by atoms with Crippen LogP contribution in [0.25, 0.3) is 0 Å². The number of hydrogen-bond donors (Lipinski definition) is 2. The van der Waals surface area contributed by atoms with Crippen LogP contribution in [0.2, 0.25) is 0 Å². The number of halogens is 1. The Morgan fingerprint density at radius 1 is 1.37 bits per heavy atom. The molecule has 4 heteroatoms. The van der Waals surface area contributed by atoms with Crippen molar-refractivity contribution >= 4 is 34.2 Å². The number of anilines is 1. The van der Waals surface area contributed by atoms with Crippen molar-refractivity contribution in [3.8, 4) is 0 Å². The summed E-state index contributed by atoms with van der Waals surface area (Å²) in [5, 5.41) is 2.95. The van der Waals surface area contributed by atoms with Crippen LogP contribution in [-0.4, -0.2) is 12.5 Å². The third-order valence-electron chi connectivity index (χ3n) is 3.31. The first-order valence-corrected chi connectivity index (χ1v) is 7.68. The van der Waals surface area contributed by atoms with E-state index in [4.69, 9.17) is 5.73 Å². The molecule has 0 heterocycles. The maximum Gasteiger partial charge on any atom is 0.224 e. The molecule has 0 spiro atoms. The zero-order valence-electron chi connectivity index (χ0n) is 11.9. The summed E-state index contributed by atoms with van der Waals surface area (Å²) in [4.78, 5) is 11.9. The van der Waals surface area contributed by atoms with E-state index in [9.17, 15) is 4.79 Å². The molecule has 1 aromatic rings. The van der Waals surface area contributed by atoms with Gasteiger partial charge in [0, 0.05) is 15.7 Å². The normalized spacial score (nSPS) is 11.4. The molecule has 0 atom stereocenters. The van der Waals surface area contributed by atoms with Crippen molar-refractivity contribution in [1.29, 1.82) is 0 Å². The van der Waals surface area contributed by atoms with Crippen LogP contribution in [0.1, 0.15) is 38.7 Å². The van der Waals surface area contributed by atoms with Crippen LogP contribution < -0.4 is 11.1 Å². The molecular weight excluding hydrogens is 351 g/mol. The minimum absolute atomic E-state index is 0.0738. The molecule has 1 rings (SSSR count). The molecular formula is C15H23IN2O. The summed E-state index contributed by atoms with van der Waals surface area (Å²) in [5.74, 6) is 0.0738. The van der Waals surface area contributed by atoms with Crippen LogP contribution in [0.15, 0.2) is 18.2 Å². The zero-order valence-corrected chi connectivity index (χ0v) is 14.1. The van der Waals surface area contributed by atoms with Crippen molar-refractivity contribution in [2.24, 2.45) is 11.1 Å². The van der Waals surface area contributed by atoms with Gasteiger partial charge in [-0.2, -0.15) is 0 Å². The van der Waals surface area contributed by atoms with Gasteiger partial charge in [0.25, 0.3) is 0 Å². The molecule has 106 valence electrons.